The molecule has 0 aliphatic carbocycles. The van der Waals surface area contributed by atoms with Gasteiger partial charge in [-0.05, 0) is 36.8 Å². The molecule has 3 rings (SSSR count). The number of amides is 1. The number of nitrogens with zero attached hydrogens (tertiary/aromatic N) is 3. The number of imidazole rings is 1. The molecule has 1 unspecified atom stereocenters. The molecular weight excluding hydrogens is 375 g/mol. The van der Waals surface area contributed by atoms with Crippen LogP contribution in [0, 0.1) is 5.82 Å². The smallest absolute Gasteiger partial charge is 0.321 e. The van der Waals surface area contributed by atoms with Crippen molar-refractivity contribution < 1.29 is 18.0 Å². The molecule has 4 nitrogen and oxygen atoms in total. The number of para-hydroxylation sites is 2. The van der Waals surface area contributed by atoms with E-state index in [0.717, 1.165) is 16.3 Å². The number of hydrogen-bond donors (Lipinski definition) is 0. The fourth-order valence-electron chi connectivity index (χ4n) is 2.80. The van der Waals surface area contributed by atoms with Gasteiger partial charge in [-0.3, -0.25) is 9.36 Å². The van der Waals surface area contributed by atoms with Gasteiger partial charge in [-0.2, -0.15) is 8.78 Å². The van der Waals surface area contributed by atoms with Crippen LogP contribution in [0.3, 0.4) is 0 Å². The first-order valence-electron chi connectivity index (χ1n) is 8.28. The maximum absolute atomic E-state index is 13.5. The van der Waals surface area contributed by atoms with Gasteiger partial charge in [-0.15, -0.1) is 0 Å². The van der Waals surface area contributed by atoms with Crippen molar-refractivity contribution in [1.29, 1.82) is 0 Å². The van der Waals surface area contributed by atoms with Crippen LogP contribution < -0.4 is 0 Å². The number of fused-ring (bicyclic) bond motifs is 1. The third-order valence-electron chi connectivity index (χ3n) is 4.07. The molecule has 0 spiro atoms. The summed E-state index contributed by atoms with van der Waals surface area (Å²) in [5.41, 5.74) is 1.43. The Balaban J connectivity index is 1.76. The standard InChI is InChI=1S/C19H18F3N3OS/c1-12(17(26)24(2)11-13-6-5-7-14(20)10-13)27-19-23-15-8-3-4-9-16(15)25(19)18(21)22/h3-10,12,18H,11H2,1-2H3. The number of carbonyl (C=O) groups excluding carboxylic acids is 1. The number of thioether (sulfide) groups is 1. The molecule has 1 atom stereocenters. The van der Waals surface area contributed by atoms with Gasteiger partial charge in [0.2, 0.25) is 5.91 Å². The summed E-state index contributed by atoms with van der Waals surface area (Å²) in [5.74, 6) is -0.626. The van der Waals surface area contributed by atoms with Gasteiger partial charge in [0.15, 0.2) is 5.16 Å². The molecule has 0 saturated carbocycles. The van der Waals surface area contributed by atoms with Crippen LogP contribution in [0.25, 0.3) is 11.0 Å². The second-order valence-electron chi connectivity index (χ2n) is 6.12. The van der Waals surface area contributed by atoms with Crippen LogP contribution >= 0.6 is 11.8 Å². The van der Waals surface area contributed by atoms with E-state index in [0.29, 0.717) is 16.6 Å². The van der Waals surface area contributed by atoms with Gasteiger partial charge in [0, 0.05) is 13.6 Å². The molecule has 27 heavy (non-hydrogen) atoms. The van der Waals surface area contributed by atoms with Crippen molar-refractivity contribution in [3.05, 3.63) is 59.9 Å². The van der Waals surface area contributed by atoms with Gasteiger partial charge in [0.1, 0.15) is 5.82 Å². The van der Waals surface area contributed by atoms with Gasteiger partial charge in [-0.1, -0.05) is 36.0 Å². The zero-order valence-corrected chi connectivity index (χ0v) is 15.6. The van der Waals surface area contributed by atoms with Gasteiger partial charge in [0.05, 0.1) is 16.3 Å². The second-order valence-corrected chi connectivity index (χ2v) is 7.42. The molecule has 0 aliphatic rings. The van der Waals surface area contributed by atoms with Crippen LogP contribution in [0.2, 0.25) is 0 Å². The molecule has 0 radical (unpaired) electrons. The molecule has 0 saturated heterocycles. The molecule has 1 aromatic heterocycles. The number of carbonyl (C=O) groups is 1. The fraction of sp³-hybridized carbons (Fsp3) is 0.263. The van der Waals surface area contributed by atoms with Crippen LogP contribution in [-0.4, -0.2) is 32.7 Å². The first-order valence-corrected chi connectivity index (χ1v) is 9.16. The van der Waals surface area contributed by atoms with E-state index in [-0.39, 0.29) is 23.4 Å². The molecule has 0 fully saturated rings. The third kappa shape index (κ3) is 4.27. The molecule has 0 aliphatic heterocycles. The lowest BCUT2D eigenvalue weighted by molar-refractivity contribution is -0.129. The van der Waals surface area contributed by atoms with E-state index < -0.39 is 11.8 Å². The van der Waals surface area contributed by atoms with Crippen LogP contribution in [0.5, 0.6) is 0 Å². The molecule has 142 valence electrons. The van der Waals surface area contributed by atoms with Crippen LogP contribution in [0.1, 0.15) is 19.0 Å². The molecule has 0 N–H and O–H groups in total. The zero-order valence-electron chi connectivity index (χ0n) is 14.8. The average Bonchev–Trinajstić information content (AvgIpc) is 2.98. The maximum atomic E-state index is 13.5. The van der Waals surface area contributed by atoms with E-state index in [1.54, 1.807) is 50.4 Å². The Kier molecular flexibility index (Phi) is 5.74. The summed E-state index contributed by atoms with van der Waals surface area (Å²) in [6, 6.07) is 12.6. The second kappa shape index (κ2) is 8.04. The number of alkyl halides is 2. The maximum Gasteiger partial charge on any atom is 0.321 e. The Morgan fingerprint density at radius 1 is 1.22 bits per heavy atom. The van der Waals surface area contributed by atoms with E-state index in [1.165, 1.54) is 17.0 Å². The van der Waals surface area contributed by atoms with Gasteiger partial charge in [-0.25, -0.2) is 9.37 Å². The highest BCUT2D eigenvalue weighted by Gasteiger charge is 2.24. The number of hydrogen-bond acceptors (Lipinski definition) is 3. The van der Waals surface area contributed by atoms with Crippen molar-refractivity contribution in [2.75, 3.05) is 7.05 Å². The first-order chi connectivity index (χ1) is 12.9. The number of halogens is 3. The Morgan fingerprint density at radius 2 is 1.96 bits per heavy atom. The predicted molar refractivity (Wildman–Crippen MR) is 99.2 cm³/mol. The highest BCUT2D eigenvalue weighted by atomic mass is 32.2. The van der Waals surface area contributed by atoms with E-state index in [2.05, 4.69) is 4.98 Å². The molecule has 1 heterocycles. The summed E-state index contributed by atoms with van der Waals surface area (Å²) in [6.45, 7) is -0.885. The third-order valence-corrected chi connectivity index (χ3v) is 5.13. The largest absolute Gasteiger partial charge is 0.340 e. The molecular formula is C19H18F3N3OS. The normalized spacial score (nSPS) is 12.5. The highest BCUT2D eigenvalue weighted by Crippen LogP contribution is 2.32. The van der Waals surface area contributed by atoms with Crippen LogP contribution in [0.15, 0.2) is 53.7 Å². The Hall–Kier alpha value is -2.48. The minimum atomic E-state index is -2.76. The summed E-state index contributed by atoms with van der Waals surface area (Å²) in [5, 5.41) is -0.538. The molecule has 2 aromatic carbocycles. The van der Waals surface area contributed by atoms with Crippen molar-refractivity contribution in [1.82, 2.24) is 14.5 Å². The molecule has 1 amide bonds. The Bertz CT molecular complexity index is 960. The zero-order chi connectivity index (χ0) is 19.6. The van der Waals surface area contributed by atoms with Crippen molar-refractivity contribution in [3.8, 4) is 0 Å². The van der Waals surface area contributed by atoms with E-state index in [9.17, 15) is 18.0 Å². The first kappa shape index (κ1) is 19.3. The number of aromatic nitrogens is 2. The van der Waals surface area contributed by atoms with E-state index in [1.807, 2.05) is 0 Å². The van der Waals surface area contributed by atoms with Gasteiger partial charge in [0.25, 0.3) is 0 Å². The SMILES string of the molecule is CC(Sc1nc2ccccc2n1C(F)F)C(=O)N(C)Cc1cccc(F)c1. The summed E-state index contributed by atoms with van der Waals surface area (Å²) < 4.78 is 41.1. The highest BCUT2D eigenvalue weighted by molar-refractivity contribution is 8.00. The molecule has 8 heteroatoms. The van der Waals surface area contributed by atoms with Crippen LogP contribution in [-0.2, 0) is 11.3 Å². The number of rotatable bonds is 6. The summed E-state index contributed by atoms with van der Waals surface area (Å²) in [6.07, 6.45) is 0. The lowest BCUT2D eigenvalue weighted by atomic mass is 10.2. The minimum Gasteiger partial charge on any atom is -0.340 e. The van der Waals surface area contributed by atoms with Gasteiger partial charge >= 0.3 is 6.55 Å². The number of benzene rings is 2. The topological polar surface area (TPSA) is 38.1 Å². The predicted octanol–water partition coefficient (Wildman–Crippen LogP) is 4.71. The lowest BCUT2D eigenvalue weighted by Gasteiger charge is -2.21. The summed E-state index contributed by atoms with van der Waals surface area (Å²) >= 11 is 0.981. The summed E-state index contributed by atoms with van der Waals surface area (Å²) in [4.78, 5) is 18.3. The van der Waals surface area contributed by atoms with Crippen molar-refractivity contribution in [2.45, 2.75) is 30.4 Å². The van der Waals surface area contributed by atoms with Crippen LogP contribution in [0.4, 0.5) is 13.2 Å². The quantitative estimate of drug-likeness (QED) is 0.570. The van der Waals surface area contributed by atoms with E-state index >= 15 is 0 Å². The minimum absolute atomic E-state index is 0.0891. The Morgan fingerprint density at radius 3 is 2.67 bits per heavy atom. The lowest BCUT2D eigenvalue weighted by Crippen LogP contribution is -2.33. The van der Waals surface area contributed by atoms with Crippen molar-refractivity contribution in [2.24, 2.45) is 0 Å². The Labute approximate surface area is 159 Å². The van der Waals surface area contributed by atoms with Crippen molar-refractivity contribution in [3.63, 3.8) is 0 Å². The fourth-order valence-corrected chi connectivity index (χ4v) is 3.84. The monoisotopic (exact) mass is 393 g/mol. The summed E-state index contributed by atoms with van der Waals surface area (Å²) in [7, 11) is 1.60. The molecule has 0 bridgehead atoms. The average molecular weight is 393 g/mol. The van der Waals surface area contributed by atoms with E-state index in [4.69, 9.17) is 0 Å². The van der Waals surface area contributed by atoms with Gasteiger partial charge < -0.3 is 4.90 Å². The molecule has 3 aromatic rings. The van der Waals surface area contributed by atoms with Crippen molar-refractivity contribution >= 4 is 28.7 Å².